The lowest BCUT2D eigenvalue weighted by atomic mass is 9.99. The number of fused-ring (bicyclic) bond motifs is 1. The summed E-state index contributed by atoms with van der Waals surface area (Å²) in [6, 6.07) is 3.24. The Morgan fingerprint density at radius 3 is 2.83 bits per heavy atom. The first-order chi connectivity index (χ1) is 13.9. The Balaban J connectivity index is 1.86. The number of carboxylic acid groups (broad SMARTS) is 1. The molecule has 0 amide bonds. The number of pyridine rings is 2. The van der Waals surface area contributed by atoms with Gasteiger partial charge in [-0.25, -0.2) is 14.2 Å². The minimum atomic E-state index is -1.34. The molecule has 9 heteroatoms. The van der Waals surface area contributed by atoms with E-state index in [4.69, 9.17) is 5.73 Å². The number of nitriles is 1. The van der Waals surface area contributed by atoms with Crippen molar-refractivity contribution in [3.63, 3.8) is 0 Å². The van der Waals surface area contributed by atoms with Crippen molar-refractivity contribution < 1.29 is 14.3 Å². The maximum absolute atomic E-state index is 15.0. The van der Waals surface area contributed by atoms with Crippen LogP contribution in [0.3, 0.4) is 0 Å². The molecule has 1 saturated heterocycles. The van der Waals surface area contributed by atoms with Gasteiger partial charge in [-0.15, -0.1) is 0 Å². The number of nitrogens with zero attached hydrogens (tertiary/aromatic N) is 4. The van der Waals surface area contributed by atoms with Crippen LogP contribution in [0.2, 0.25) is 0 Å². The number of anilines is 1. The van der Waals surface area contributed by atoms with Crippen LogP contribution in [0.5, 0.6) is 0 Å². The molecule has 2 aromatic heterocycles. The molecule has 0 spiro atoms. The van der Waals surface area contributed by atoms with E-state index < -0.39 is 17.2 Å². The topological polar surface area (TPSA) is 125 Å². The summed E-state index contributed by atoms with van der Waals surface area (Å²) in [5.74, 6) is -1.93. The van der Waals surface area contributed by atoms with E-state index >= 15 is 0 Å². The molecule has 1 aliphatic heterocycles. The number of hydrogen-bond donors (Lipinski definition) is 2. The third-order valence-electron chi connectivity index (χ3n) is 5.46. The van der Waals surface area contributed by atoms with E-state index in [1.54, 1.807) is 9.47 Å². The Labute approximate surface area is 165 Å². The number of piperidine rings is 1. The average molecular weight is 397 g/mol. The minimum absolute atomic E-state index is 0.0366. The zero-order valence-corrected chi connectivity index (χ0v) is 15.7. The highest BCUT2D eigenvalue weighted by Crippen LogP contribution is 2.37. The Morgan fingerprint density at radius 2 is 2.21 bits per heavy atom. The number of nitrogens with two attached hydrogens (primary N) is 1. The predicted molar refractivity (Wildman–Crippen MR) is 104 cm³/mol. The van der Waals surface area contributed by atoms with Crippen LogP contribution in [0.25, 0.3) is 11.0 Å². The number of aromatic nitrogens is 2. The van der Waals surface area contributed by atoms with Crippen molar-refractivity contribution >= 4 is 22.8 Å². The molecule has 0 bridgehead atoms. The first kappa shape index (κ1) is 19.1. The summed E-state index contributed by atoms with van der Waals surface area (Å²) in [6.45, 7) is 1.03. The molecule has 29 heavy (non-hydrogen) atoms. The van der Waals surface area contributed by atoms with E-state index in [1.165, 1.54) is 6.20 Å². The summed E-state index contributed by atoms with van der Waals surface area (Å²) < 4.78 is 16.6. The van der Waals surface area contributed by atoms with Crippen molar-refractivity contribution in [3.05, 3.63) is 45.0 Å². The van der Waals surface area contributed by atoms with Crippen LogP contribution in [-0.4, -0.2) is 40.3 Å². The number of rotatable bonds is 4. The Bertz CT molecular complexity index is 1140. The van der Waals surface area contributed by atoms with Gasteiger partial charge in [-0.1, -0.05) is 0 Å². The molecule has 1 aliphatic carbocycles. The van der Waals surface area contributed by atoms with Crippen molar-refractivity contribution in [2.24, 2.45) is 5.73 Å². The van der Waals surface area contributed by atoms with Crippen LogP contribution in [0.4, 0.5) is 10.2 Å². The number of carbonyl (C=O) groups is 1. The summed E-state index contributed by atoms with van der Waals surface area (Å²) in [5.41, 5.74) is 6.17. The van der Waals surface area contributed by atoms with Crippen molar-refractivity contribution in [2.75, 3.05) is 24.5 Å². The standard InChI is InChI=1S/C20H20FN5O3/c21-16-6-14-17(27)15(20(28)29)10-26(13-3-4-13)18(14)24-19(16)25-5-1-2-11(9-25)12(7-22)8-23/h6,10,13H,1-5,7,9,22H2,(H,28,29). The highest BCUT2D eigenvalue weighted by Gasteiger charge is 2.29. The van der Waals surface area contributed by atoms with Crippen LogP contribution in [0.15, 0.2) is 28.2 Å². The maximum Gasteiger partial charge on any atom is 0.341 e. The lowest BCUT2D eigenvalue weighted by Crippen LogP contribution is -2.34. The van der Waals surface area contributed by atoms with Gasteiger partial charge in [-0.05, 0) is 37.3 Å². The summed E-state index contributed by atoms with van der Waals surface area (Å²) in [7, 11) is 0. The molecule has 150 valence electrons. The Kier molecular flexibility index (Phi) is 4.80. The number of hydrogen-bond acceptors (Lipinski definition) is 6. The fraction of sp³-hybridized carbons (Fsp3) is 0.400. The highest BCUT2D eigenvalue weighted by molar-refractivity contribution is 5.92. The van der Waals surface area contributed by atoms with E-state index in [2.05, 4.69) is 11.1 Å². The molecule has 2 aromatic rings. The quantitative estimate of drug-likeness (QED) is 0.755. The van der Waals surface area contributed by atoms with Gasteiger partial charge in [0.25, 0.3) is 0 Å². The first-order valence-corrected chi connectivity index (χ1v) is 9.49. The second kappa shape index (κ2) is 7.29. The van der Waals surface area contributed by atoms with Crippen molar-refractivity contribution in [2.45, 2.75) is 31.7 Å². The van der Waals surface area contributed by atoms with Crippen LogP contribution in [0, 0.1) is 17.1 Å². The maximum atomic E-state index is 15.0. The van der Waals surface area contributed by atoms with E-state index in [1.807, 2.05) is 0 Å². The lowest BCUT2D eigenvalue weighted by molar-refractivity contribution is 0.0695. The molecule has 4 rings (SSSR count). The van der Waals surface area contributed by atoms with E-state index in [0.717, 1.165) is 37.3 Å². The number of aromatic carboxylic acids is 1. The van der Waals surface area contributed by atoms with Crippen molar-refractivity contribution in [1.82, 2.24) is 9.55 Å². The largest absolute Gasteiger partial charge is 0.477 e. The molecule has 0 aromatic carbocycles. The molecular weight excluding hydrogens is 377 g/mol. The van der Waals surface area contributed by atoms with Gasteiger partial charge in [0.15, 0.2) is 11.6 Å². The molecule has 0 radical (unpaired) electrons. The normalized spacial score (nSPS) is 18.6. The minimum Gasteiger partial charge on any atom is -0.477 e. The first-order valence-electron chi connectivity index (χ1n) is 9.49. The van der Waals surface area contributed by atoms with E-state index in [9.17, 15) is 24.3 Å². The summed E-state index contributed by atoms with van der Waals surface area (Å²) >= 11 is 0. The second-order valence-corrected chi connectivity index (χ2v) is 7.40. The monoisotopic (exact) mass is 397 g/mol. The van der Waals surface area contributed by atoms with Gasteiger partial charge in [0.1, 0.15) is 11.2 Å². The van der Waals surface area contributed by atoms with Gasteiger partial charge in [0.05, 0.1) is 11.5 Å². The molecule has 2 aliphatic rings. The second-order valence-electron chi connectivity index (χ2n) is 7.40. The Hall–Kier alpha value is -3.25. The fourth-order valence-electron chi connectivity index (χ4n) is 3.81. The van der Waals surface area contributed by atoms with Crippen LogP contribution >= 0.6 is 0 Å². The Morgan fingerprint density at radius 1 is 1.45 bits per heavy atom. The molecular formula is C20H20FN5O3. The van der Waals surface area contributed by atoms with Gasteiger partial charge in [0, 0.05) is 37.4 Å². The highest BCUT2D eigenvalue weighted by atomic mass is 19.1. The van der Waals surface area contributed by atoms with Crippen LogP contribution < -0.4 is 16.1 Å². The summed E-state index contributed by atoms with van der Waals surface area (Å²) in [5, 5.41) is 18.5. The molecule has 3 N–H and O–H groups in total. The summed E-state index contributed by atoms with van der Waals surface area (Å²) in [4.78, 5) is 30.2. The van der Waals surface area contributed by atoms with Gasteiger partial charge in [-0.2, -0.15) is 5.26 Å². The third kappa shape index (κ3) is 3.36. The van der Waals surface area contributed by atoms with Gasteiger partial charge >= 0.3 is 5.97 Å². The van der Waals surface area contributed by atoms with Gasteiger partial charge in [0.2, 0.25) is 5.43 Å². The summed E-state index contributed by atoms with van der Waals surface area (Å²) in [6.07, 6.45) is 4.46. The van der Waals surface area contributed by atoms with Crippen LogP contribution in [0.1, 0.15) is 42.1 Å². The third-order valence-corrected chi connectivity index (χ3v) is 5.46. The lowest BCUT2D eigenvalue weighted by Gasteiger charge is -2.31. The number of carboxylic acids is 1. The molecule has 8 nitrogen and oxygen atoms in total. The average Bonchev–Trinajstić information content (AvgIpc) is 3.54. The fourth-order valence-corrected chi connectivity index (χ4v) is 3.81. The smallest absolute Gasteiger partial charge is 0.341 e. The van der Waals surface area contributed by atoms with Crippen molar-refractivity contribution in [1.29, 1.82) is 5.26 Å². The molecule has 1 saturated carbocycles. The molecule has 0 atom stereocenters. The van der Waals surface area contributed by atoms with E-state index in [0.29, 0.717) is 18.7 Å². The van der Waals surface area contributed by atoms with Gasteiger partial charge in [-0.3, -0.25) is 4.79 Å². The van der Waals surface area contributed by atoms with Crippen LogP contribution in [-0.2, 0) is 0 Å². The van der Waals surface area contributed by atoms with E-state index in [-0.39, 0.29) is 35.0 Å². The molecule has 3 heterocycles. The number of halogens is 1. The predicted octanol–water partition coefficient (Wildman–Crippen LogP) is 1.95. The SMILES string of the molecule is N#CC(CN)=C1CCCN(c2nc3c(cc2F)c(=O)c(C(=O)O)cn3C2CC2)C1. The molecule has 0 unspecified atom stereocenters. The van der Waals surface area contributed by atoms with Crippen molar-refractivity contribution in [3.8, 4) is 6.07 Å². The molecule has 2 fully saturated rings. The zero-order valence-electron chi connectivity index (χ0n) is 15.7. The zero-order chi connectivity index (χ0) is 20.7. The van der Waals surface area contributed by atoms with Gasteiger partial charge < -0.3 is 20.3 Å².